The fraction of sp³-hybridized carbons (Fsp3) is 1.00. The number of nitrogens with zero attached hydrogens (tertiary/aromatic N) is 1. The van der Waals surface area contributed by atoms with Crippen molar-refractivity contribution < 1.29 is 9.59 Å². The monoisotopic (exact) mass is 138 g/mol. The topological polar surface area (TPSA) is 20.2 Å². The lowest BCUT2D eigenvalue weighted by Crippen LogP contribution is -2.45. The summed E-state index contributed by atoms with van der Waals surface area (Å²) in [5, 5.41) is 8.97. The third kappa shape index (κ3) is 1.99. The van der Waals surface area contributed by atoms with Crippen molar-refractivity contribution in [2.45, 2.75) is 13.2 Å². The van der Waals surface area contributed by atoms with Crippen molar-refractivity contribution in [3.63, 3.8) is 0 Å². The lowest BCUT2D eigenvalue weighted by Gasteiger charge is -2.29. The Bertz CT molecular complexity index is 72.8. The van der Waals surface area contributed by atoms with Gasteiger partial charge in [-0.15, -0.1) is 0 Å². The molecule has 0 heterocycles. The van der Waals surface area contributed by atoms with Gasteiger partial charge in [0.2, 0.25) is 0 Å². The zero-order chi connectivity index (χ0) is 6.78. The van der Waals surface area contributed by atoms with Gasteiger partial charge in [0.25, 0.3) is 0 Å². The number of hydrogen-bond donors (Lipinski definition) is 1. The van der Waals surface area contributed by atoms with Crippen molar-refractivity contribution in [2.75, 3.05) is 20.1 Å². The molecule has 1 N–H and O–H groups in total. The molecule has 0 aliphatic heterocycles. The molecule has 8 heavy (non-hydrogen) atoms. The van der Waals surface area contributed by atoms with Crippen LogP contribution in [0.4, 0.5) is 0 Å². The molecule has 50 valence electrons. The van der Waals surface area contributed by atoms with Crippen molar-refractivity contribution in [1.82, 2.24) is 0 Å². The molecule has 3 heteroatoms. The second-order valence-corrected chi connectivity index (χ2v) is 2.77. The van der Waals surface area contributed by atoms with E-state index in [9.17, 15) is 0 Å². The highest BCUT2D eigenvalue weighted by Gasteiger charge is 2.18. The third-order valence-electron chi connectivity index (χ3n) is 1.32. The first-order valence-corrected chi connectivity index (χ1v) is 3.11. The zero-order valence-electron chi connectivity index (χ0n) is 5.56. The van der Waals surface area contributed by atoms with E-state index < -0.39 is 0 Å². The molecular formula is C5H13ClNO+. The molecule has 0 aliphatic carbocycles. The average molecular weight is 139 g/mol. The molecule has 0 spiro atoms. The number of alkyl halides is 1. The van der Waals surface area contributed by atoms with Crippen LogP contribution in [0.3, 0.4) is 0 Å². The molecule has 0 saturated carbocycles. The Balaban J connectivity index is 3.71. The first-order valence-electron chi connectivity index (χ1n) is 2.57. The van der Waals surface area contributed by atoms with E-state index in [-0.39, 0.29) is 6.23 Å². The lowest BCUT2D eigenvalue weighted by atomic mass is 10.5. The van der Waals surface area contributed by atoms with Gasteiger partial charge in [0.15, 0.2) is 12.2 Å². The minimum absolute atomic E-state index is 0.382. The minimum atomic E-state index is -0.382. The summed E-state index contributed by atoms with van der Waals surface area (Å²) in [5.74, 6) is 0. The molecule has 0 aromatic heterocycles. The van der Waals surface area contributed by atoms with Crippen LogP contribution in [0.5, 0.6) is 0 Å². The summed E-state index contributed by atoms with van der Waals surface area (Å²) < 4.78 is 0.446. The predicted octanol–water partition coefficient (Wildman–Crippen LogP) is 0.597. The van der Waals surface area contributed by atoms with E-state index in [0.29, 0.717) is 10.5 Å². The van der Waals surface area contributed by atoms with E-state index in [1.54, 1.807) is 6.92 Å². The van der Waals surface area contributed by atoms with Crippen LogP contribution < -0.4 is 0 Å². The van der Waals surface area contributed by atoms with Gasteiger partial charge in [-0.2, -0.15) is 0 Å². The Morgan fingerprint density at radius 2 is 2.00 bits per heavy atom. The molecule has 0 saturated heterocycles. The molecule has 0 bridgehead atoms. The van der Waals surface area contributed by atoms with Crippen LogP contribution in [0, 0.1) is 0 Å². The van der Waals surface area contributed by atoms with Gasteiger partial charge in [-0.3, -0.25) is 4.48 Å². The quantitative estimate of drug-likeness (QED) is 0.257. The maximum absolute atomic E-state index is 8.97. The van der Waals surface area contributed by atoms with Crippen LogP contribution in [-0.2, 0) is 0 Å². The van der Waals surface area contributed by atoms with E-state index in [4.69, 9.17) is 16.7 Å². The van der Waals surface area contributed by atoms with E-state index in [0.717, 1.165) is 0 Å². The van der Waals surface area contributed by atoms with Gasteiger partial charge in [-0.1, -0.05) is 11.6 Å². The number of aliphatic hydroxyl groups is 1. The second kappa shape index (κ2) is 2.67. The van der Waals surface area contributed by atoms with Crippen molar-refractivity contribution in [1.29, 1.82) is 0 Å². The summed E-state index contributed by atoms with van der Waals surface area (Å²) in [6.45, 7) is 1.72. The summed E-state index contributed by atoms with van der Waals surface area (Å²) in [4.78, 5) is 0. The van der Waals surface area contributed by atoms with Crippen molar-refractivity contribution in [2.24, 2.45) is 0 Å². The van der Waals surface area contributed by atoms with Crippen molar-refractivity contribution in [3.8, 4) is 0 Å². The zero-order valence-corrected chi connectivity index (χ0v) is 6.31. The summed E-state index contributed by atoms with van der Waals surface area (Å²) in [5.41, 5.74) is 0. The molecule has 1 unspecified atom stereocenters. The predicted molar refractivity (Wildman–Crippen MR) is 34.5 cm³/mol. The molecule has 2 nitrogen and oxygen atoms in total. The Morgan fingerprint density at radius 3 is 2.00 bits per heavy atom. The maximum Gasteiger partial charge on any atom is 0.188 e. The number of rotatable bonds is 2. The highest BCUT2D eigenvalue weighted by atomic mass is 35.5. The van der Waals surface area contributed by atoms with E-state index in [2.05, 4.69) is 0 Å². The molecule has 0 amide bonds. The van der Waals surface area contributed by atoms with Gasteiger partial charge >= 0.3 is 0 Å². The summed E-state index contributed by atoms with van der Waals surface area (Å²) in [6.07, 6.45) is -0.382. The smallest absolute Gasteiger partial charge is 0.188 e. The normalized spacial score (nSPS) is 16.1. The lowest BCUT2D eigenvalue weighted by molar-refractivity contribution is -0.924. The first-order chi connectivity index (χ1) is 3.50. The van der Waals surface area contributed by atoms with Gasteiger partial charge in [0, 0.05) is 6.92 Å². The minimum Gasteiger partial charge on any atom is -0.345 e. The van der Waals surface area contributed by atoms with Crippen LogP contribution in [0.2, 0.25) is 0 Å². The van der Waals surface area contributed by atoms with Crippen LogP contribution >= 0.6 is 11.6 Å². The van der Waals surface area contributed by atoms with Crippen LogP contribution in [-0.4, -0.2) is 35.9 Å². The largest absolute Gasteiger partial charge is 0.345 e. The number of hydrogen-bond acceptors (Lipinski definition) is 1. The fourth-order valence-corrected chi connectivity index (χ4v) is 0.300. The standard InChI is InChI=1S/C5H13ClNO/c1-5(8)7(2,3)4-6/h5,8H,4H2,1-3H3/q+1. The van der Waals surface area contributed by atoms with Crippen molar-refractivity contribution in [3.05, 3.63) is 0 Å². The van der Waals surface area contributed by atoms with Gasteiger partial charge < -0.3 is 5.11 Å². The van der Waals surface area contributed by atoms with Gasteiger partial charge in [-0.25, -0.2) is 0 Å². The van der Waals surface area contributed by atoms with Gasteiger partial charge in [0.05, 0.1) is 14.1 Å². The van der Waals surface area contributed by atoms with E-state index in [1.165, 1.54) is 0 Å². The molecule has 0 fully saturated rings. The SMILES string of the molecule is CC(O)[N+](C)(C)CCl. The number of halogens is 1. The maximum atomic E-state index is 8.97. The summed E-state index contributed by atoms with van der Waals surface area (Å²) in [7, 11) is 3.75. The van der Waals surface area contributed by atoms with Gasteiger partial charge in [-0.05, 0) is 0 Å². The molecule has 0 rings (SSSR count). The summed E-state index contributed by atoms with van der Waals surface area (Å²) in [6, 6.07) is 0.442. The molecule has 1 atom stereocenters. The Labute approximate surface area is 55.3 Å². The first kappa shape index (κ1) is 8.21. The molecule has 0 aromatic carbocycles. The Hall–Kier alpha value is 0.210. The molecule has 0 aliphatic rings. The summed E-state index contributed by atoms with van der Waals surface area (Å²) >= 11 is 5.50. The third-order valence-corrected chi connectivity index (χ3v) is 1.94. The Kier molecular flexibility index (Phi) is 2.74. The van der Waals surface area contributed by atoms with Crippen LogP contribution in [0.15, 0.2) is 0 Å². The average Bonchev–Trinajstić information content (AvgIpc) is 1.67. The highest BCUT2D eigenvalue weighted by Crippen LogP contribution is 2.03. The van der Waals surface area contributed by atoms with Crippen molar-refractivity contribution >= 4 is 11.6 Å². The Morgan fingerprint density at radius 1 is 1.62 bits per heavy atom. The molecular weight excluding hydrogens is 126 g/mol. The highest BCUT2D eigenvalue weighted by molar-refractivity contribution is 6.16. The number of aliphatic hydroxyl groups excluding tert-OH is 1. The van der Waals surface area contributed by atoms with Crippen LogP contribution in [0.25, 0.3) is 0 Å². The molecule has 0 radical (unpaired) electrons. The van der Waals surface area contributed by atoms with Crippen LogP contribution in [0.1, 0.15) is 6.92 Å². The fourth-order valence-electron chi connectivity index (χ4n) is 0.0999. The molecule has 0 aromatic rings. The van der Waals surface area contributed by atoms with Gasteiger partial charge in [0.1, 0.15) is 0 Å². The van der Waals surface area contributed by atoms with E-state index in [1.807, 2.05) is 14.1 Å². The number of quaternary nitrogens is 1. The second-order valence-electron chi connectivity index (χ2n) is 2.53. The van der Waals surface area contributed by atoms with E-state index >= 15 is 0 Å².